The highest BCUT2D eigenvalue weighted by atomic mass is 16.1. The lowest BCUT2D eigenvalue weighted by Crippen LogP contribution is -2.24. The lowest BCUT2D eigenvalue weighted by molar-refractivity contribution is 0.0959. The van der Waals surface area contributed by atoms with Crippen LogP contribution in [0.25, 0.3) is 16.7 Å². The highest BCUT2D eigenvalue weighted by molar-refractivity contribution is 5.94. The van der Waals surface area contributed by atoms with Crippen molar-refractivity contribution in [1.29, 1.82) is 0 Å². The third kappa shape index (κ3) is 5.39. The van der Waals surface area contributed by atoms with Gasteiger partial charge in [-0.2, -0.15) is 0 Å². The molecule has 3 heterocycles. The Morgan fingerprint density at radius 3 is 2.71 bits per heavy atom. The fraction of sp³-hybridized carbons (Fsp3) is 0.393. The predicted molar refractivity (Wildman–Crippen MR) is 136 cm³/mol. The van der Waals surface area contributed by atoms with Crippen molar-refractivity contribution in [3.05, 3.63) is 78.6 Å². The average Bonchev–Trinajstić information content (AvgIpc) is 3.54. The Kier molecular flexibility index (Phi) is 6.57. The molecule has 3 aromatic heterocycles. The maximum absolute atomic E-state index is 12.9. The molecule has 0 spiro atoms. The minimum absolute atomic E-state index is 0.187. The van der Waals surface area contributed by atoms with Crippen LogP contribution in [0, 0.1) is 5.92 Å². The van der Waals surface area contributed by atoms with Gasteiger partial charge in [0.05, 0.1) is 0 Å². The Bertz CT molecular complexity index is 1250. The van der Waals surface area contributed by atoms with Gasteiger partial charge in [0.25, 0.3) is 5.91 Å². The predicted octanol–water partition coefficient (Wildman–Crippen LogP) is 5.71. The second kappa shape index (κ2) is 9.94. The molecular weight excluding hydrogens is 436 g/mol. The van der Waals surface area contributed by atoms with E-state index in [1.165, 1.54) is 32.1 Å². The quantitative estimate of drug-likeness (QED) is 0.435. The van der Waals surface area contributed by atoms with Crippen molar-refractivity contribution in [2.75, 3.05) is 0 Å². The third-order valence-electron chi connectivity index (χ3n) is 6.89. The van der Waals surface area contributed by atoms with E-state index >= 15 is 0 Å². The fourth-order valence-corrected chi connectivity index (χ4v) is 4.63. The molecule has 3 aromatic rings. The van der Waals surface area contributed by atoms with Gasteiger partial charge >= 0.3 is 0 Å². The van der Waals surface area contributed by atoms with Gasteiger partial charge in [-0.25, -0.2) is 0 Å². The molecule has 1 amide bonds. The summed E-state index contributed by atoms with van der Waals surface area (Å²) in [6.07, 6.45) is 14.3. The summed E-state index contributed by atoms with van der Waals surface area (Å²) in [5.41, 5.74) is 5.19. The first-order chi connectivity index (χ1) is 17.0. The molecule has 0 bridgehead atoms. The number of amides is 1. The number of hydrogen-bond acceptors (Lipinski definition) is 5. The SMILES string of the molecule is C=C(CC(C)/C=C(\C)c1nncn1C1CC1)NC(=O)c1cc(-c2ccc(C3CCC3)nc2)ccn1. The van der Waals surface area contributed by atoms with Crippen LogP contribution in [0.15, 0.2) is 61.3 Å². The first-order valence-electron chi connectivity index (χ1n) is 12.5. The number of allylic oxidation sites excluding steroid dienone is 3. The number of rotatable bonds is 9. The highest BCUT2D eigenvalue weighted by Gasteiger charge is 2.26. The molecule has 35 heavy (non-hydrogen) atoms. The van der Waals surface area contributed by atoms with Crippen LogP contribution in [0.5, 0.6) is 0 Å². The van der Waals surface area contributed by atoms with Gasteiger partial charge < -0.3 is 9.88 Å². The van der Waals surface area contributed by atoms with E-state index in [0.717, 1.165) is 28.2 Å². The molecule has 7 heteroatoms. The number of nitrogens with zero attached hydrogens (tertiary/aromatic N) is 5. The zero-order valence-electron chi connectivity index (χ0n) is 20.4. The first kappa shape index (κ1) is 23.1. The standard InChI is InChI=1S/C28H32N6O/c1-18(13-19(2)27-33-31-17-34(27)24-8-9-24)14-20(3)32-28(35)26-15-22(11-12-29-26)23-7-10-25(30-16-23)21-5-4-6-21/h7,10-13,15-18,21,24H,3-6,8-9,14H2,1-2H3,(H,32,35)/b19-13+. The number of carbonyl (C=O) groups is 1. The molecule has 2 aliphatic rings. The van der Waals surface area contributed by atoms with Gasteiger partial charge in [0, 0.05) is 41.3 Å². The summed E-state index contributed by atoms with van der Waals surface area (Å²) in [4.78, 5) is 21.8. The summed E-state index contributed by atoms with van der Waals surface area (Å²) >= 11 is 0. The molecule has 2 aliphatic carbocycles. The second-order valence-electron chi connectivity index (χ2n) is 9.91. The summed E-state index contributed by atoms with van der Waals surface area (Å²) < 4.78 is 2.16. The lowest BCUT2D eigenvalue weighted by atomic mass is 9.82. The van der Waals surface area contributed by atoms with Crippen LogP contribution in [0.1, 0.15) is 86.3 Å². The molecule has 0 aliphatic heterocycles. The molecule has 5 rings (SSSR count). The Morgan fingerprint density at radius 2 is 2.03 bits per heavy atom. The zero-order valence-corrected chi connectivity index (χ0v) is 20.4. The zero-order chi connectivity index (χ0) is 24.4. The summed E-state index contributed by atoms with van der Waals surface area (Å²) in [5.74, 6) is 1.46. The maximum Gasteiger partial charge on any atom is 0.273 e. The van der Waals surface area contributed by atoms with Crippen LogP contribution < -0.4 is 5.32 Å². The van der Waals surface area contributed by atoms with Crippen molar-refractivity contribution in [2.24, 2.45) is 5.92 Å². The number of carbonyl (C=O) groups excluding carboxylic acids is 1. The molecule has 0 saturated heterocycles. The van der Waals surface area contributed by atoms with Gasteiger partial charge in [0.1, 0.15) is 12.0 Å². The molecule has 7 nitrogen and oxygen atoms in total. The molecule has 180 valence electrons. The number of hydrogen-bond donors (Lipinski definition) is 1. The second-order valence-corrected chi connectivity index (χ2v) is 9.91. The Hall–Kier alpha value is -3.61. The molecule has 1 N–H and O–H groups in total. The van der Waals surface area contributed by atoms with Gasteiger partial charge in [-0.05, 0) is 74.3 Å². The van der Waals surface area contributed by atoms with Gasteiger partial charge in [0.2, 0.25) is 0 Å². The van der Waals surface area contributed by atoms with Crippen LogP contribution in [0.4, 0.5) is 0 Å². The van der Waals surface area contributed by atoms with Crippen molar-refractivity contribution < 1.29 is 4.79 Å². The Balaban J connectivity index is 1.19. The Morgan fingerprint density at radius 1 is 1.20 bits per heavy atom. The number of nitrogens with one attached hydrogen (secondary N) is 1. The smallest absolute Gasteiger partial charge is 0.273 e. The van der Waals surface area contributed by atoms with E-state index in [1.807, 2.05) is 18.6 Å². The number of pyridine rings is 2. The molecule has 1 atom stereocenters. The van der Waals surface area contributed by atoms with Crippen molar-refractivity contribution >= 4 is 11.5 Å². The van der Waals surface area contributed by atoms with Gasteiger partial charge in [-0.1, -0.05) is 32.1 Å². The van der Waals surface area contributed by atoms with Crippen molar-refractivity contribution in [1.82, 2.24) is 30.0 Å². The molecule has 2 fully saturated rings. The minimum Gasteiger partial charge on any atom is -0.325 e. The van der Waals surface area contributed by atoms with Crippen molar-refractivity contribution in [3.8, 4) is 11.1 Å². The van der Waals surface area contributed by atoms with Crippen LogP contribution in [0.3, 0.4) is 0 Å². The van der Waals surface area contributed by atoms with E-state index < -0.39 is 0 Å². The van der Waals surface area contributed by atoms with E-state index in [1.54, 1.807) is 12.3 Å². The minimum atomic E-state index is -0.253. The van der Waals surface area contributed by atoms with Crippen LogP contribution in [0.2, 0.25) is 0 Å². The summed E-state index contributed by atoms with van der Waals surface area (Å²) in [6.45, 7) is 8.24. The fourth-order valence-electron chi connectivity index (χ4n) is 4.63. The highest BCUT2D eigenvalue weighted by Crippen LogP contribution is 2.37. The molecule has 0 radical (unpaired) electrons. The Labute approximate surface area is 206 Å². The van der Waals surface area contributed by atoms with E-state index in [2.05, 4.69) is 68.7 Å². The molecule has 2 saturated carbocycles. The van der Waals surface area contributed by atoms with Crippen molar-refractivity contribution in [3.63, 3.8) is 0 Å². The first-order valence-corrected chi connectivity index (χ1v) is 12.5. The monoisotopic (exact) mass is 468 g/mol. The summed E-state index contributed by atoms with van der Waals surface area (Å²) in [5, 5.41) is 11.3. The van der Waals surface area contributed by atoms with Gasteiger partial charge in [0.15, 0.2) is 5.82 Å². The van der Waals surface area contributed by atoms with Gasteiger partial charge in [-0.15, -0.1) is 10.2 Å². The van der Waals surface area contributed by atoms with E-state index in [9.17, 15) is 4.79 Å². The topological polar surface area (TPSA) is 85.6 Å². The average molecular weight is 469 g/mol. The van der Waals surface area contributed by atoms with E-state index in [4.69, 9.17) is 0 Å². The normalized spacial score (nSPS) is 17.0. The van der Waals surface area contributed by atoms with E-state index in [0.29, 0.717) is 29.8 Å². The van der Waals surface area contributed by atoms with Crippen LogP contribution >= 0.6 is 0 Å². The molecule has 0 aromatic carbocycles. The molecular formula is C28H32N6O. The van der Waals surface area contributed by atoms with Gasteiger partial charge in [-0.3, -0.25) is 14.8 Å². The third-order valence-corrected chi connectivity index (χ3v) is 6.89. The number of aromatic nitrogens is 5. The largest absolute Gasteiger partial charge is 0.325 e. The van der Waals surface area contributed by atoms with Crippen molar-refractivity contribution in [2.45, 2.75) is 64.3 Å². The summed E-state index contributed by atoms with van der Waals surface area (Å²) in [6, 6.07) is 8.43. The summed E-state index contributed by atoms with van der Waals surface area (Å²) in [7, 11) is 0. The van der Waals surface area contributed by atoms with Crippen LogP contribution in [-0.2, 0) is 0 Å². The van der Waals surface area contributed by atoms with Crippen LogP contribution in [-0.4, -0.2) is 30.6 Å². The molecule has 1 unspecified atom stereocenters. The lowest BCUT2D eigenvalue weighted by Gasteiger charge is -2.24. The maximum atomic E-state index is 12.9. The van der Waals surface area contributed by atoms with E-state index in [-0.39, 0.29) is 11.8 Å².